The number of rotatable bonds is 5. The van der Waals surface area contributed by atoms with Crippen molar-refractivity contribution in [3.05, 3.63) is 24.0 Å². The van der Waals surface area contributed by atoms with Crippen LogP contribution in [0.1, 0.15) is 12.5 Å². The maximum Gasteiger partial charge on any atom is 0.242 e. The van der Waals surface area contributed by atoms with E-state index in [1.165, 1.54) is 25.6 Å². The standard InChI is InChI=1S/C12H17N3O3S/c1-10(18-2)7-15-19(16,17)12-6-11(4-3-5-13)8-14-9-12/h6,8-10,15H,5,7,13H2,1-2H3. The maximum atomic E-state index is 12.0. The highest BCUT2D eigenvalue weighted by atomic mass is 32.2. The number of nitrogens with zero attached hydrogens (tertiary/aromatic N) is 1. The Kier molecular flexibility index (Phi) is 5.92. The van der Waals surface area contributed by atoms with Crippen LogP contribution in [-0.4, -0.2) is 39.7 Å². The molecule has 19 heavy (non-hydrogen) atoms. The van der Waals surface area contributed by atoms with Crippen LogP contribution in [-0.2, 0) is 14.8 Å². The van der Waals surface area contributed by atoms with Crippen LogP contribution in [0.15, 0.2) is 23.4 Å². The first kappa shape index (κ1) is 15.6. The smallest absolute Gasteiger partial charge is 0.242 e. The molecule has 0 aliphatic carbocycles. The summed E-state index contributed by atoms with van der Waals surface area (Å²) in [5, 5.41) is 0. The zero-order valence-corrected chi connectivity index (χ0v) is 11.7. The minimum absolute atomic E-state index is 0.0691. The largest absolute Gasteiger partial charge is 0.380 e. The summed E-state index contributed by atoms with van der Waals surface area (Å²) >= 11 is 0. The van der Waals surface area contributed by atoms with Gasteiger partial charge in [-0.3, -0.25) is 4.98 Å². The zero-order chi connectivity index (χ0) is 14.3. The number of pyridine rings is 1. The summed E-state index contributed by atoms with van der Waals surface area (Å²) in [4.78, 5) is 3.93. The van der Waals surface area contributed by atoms with Gasteiger partial charge in [0.1, 0.15) is 4.90 Å². The number of nitrogens with two attached hydrogens (primary N) is 1. The summed E-state index contributed by atoms with van der Waals surface area (Å²) in [5.41, 5.74) is 5.77. The topological polar surface area (TPSA) is 94.3 Å². The van der Waals surface area contributed by atoms with Gasteiger partial charge < -0.3 is 10.5 Å². The number of ether oxygens (including phenoxy) is 1. The summed E-state index contributed by atoms with van der Waals surface area (Å²) < 4.78 is 31.4. The molecule has 0 radical (unpaired) electrons. The lowest BCUT2D eigenvalue weighted by Gasteiger charge is -2.11. The molecule has 3 N–H and O–H groups in total. The van der Waals surface area contributed by atoms with Crippen molar-refractivity contribution in [3.8, 4) is 11.8 Å². The van der Waals surface area contributed by atoms with E-state index in [0.717, 1.165) is 0 Å². The maximum absolute atomic E-state index is 12.0. The van der Waals surface area contributed by atoms with E-state index < -0.39 is 10.0 Å². The normalized spacial score (nSPS) is 12.6. The van der Waals surface area contributed by atoms with Gasteiger partial charge >= 0.3 is 0 Å². The van der Waals surface area contributed by atoms with Gasteiger partial charge in [0.25, 0.3) is 0 Å². The second kappa shape index (κ2) is 7.21. The molecule has 0 aliphatic rings. The molecule has 0 amide bonds. The molecule has 1 atom stereocenters. The van der Waals surface area contributed by atoms with E-state index in [-0.39, 0.29) is 24.1 Å². The Labute approximate surface area is 113 Å². The quantitative estimate of drug-likeness (QED) is 0.724. The van der Waals surface area contributed by atoms with Gasteiger partial charge in [-0.2, -0.15) is 0 Å². The summed E-state index contributed by atoms with van der Waals surface area (Å²) in [6.45, 7) is 2.17. The molecule has 0 spiro atoms. The molecule has 1 rings (SSSR count). The van der Waals surface area contributed by atoms with Crippen molar-refractivity contribution in [2.24, 2.45) is 5.73 Å². The minimum atomic E-state index is -3.60. The lowest BCUT2D eigenvalue weighted by atomic mass is 10.3. The average molecular weight is 283 g/mol. The first-order valence-electron chi connectivity index (χ1n) is 5.66. The van der Waals surface area contributed by atoms with Crippen LogP contribution in [0.25, 0.3) is 0 Å². The highest BCUT2D eigenvalue weighted by Gasteiger charge is 2.15. The molecule has 7 heteroatoms. The van der Waals surface area contributed by atoms with Crippen molar-refractivity contribution in [1.29, 1.82) is 0 Å². The minimum Gasteiger partial charge on any atom is -0.380 e. The third-order valence-corrected chi connectivity index (χ3v) is 3.71. The van der Waals surface area contributed by atoms with Gasteiger partial charge in [-0.1, -0.05) is 11.8 Å². The number of hydrogen-bond acceptors (Lipinski definition) is 5. The van der Waals surface area contributed by atoms with Gasteiger partial charge in [-0.15, -0.1) is 0 Å². The number of methoxy groups -OCH3 is 1. The molecule has 0 aromatic carbocycles. The highest BCUT2D eigenvalue weighted by Crippen LogP contribution is 2.08. The predicted molar refractivity (Wildman–Crippen MR) is 71.8 cm³/mol. The van der Waals surface area contributed by atoms with Crippen LogP contribution >= 0.6 is 0 Å². The molecule has 1 aromatic rings. The second-order valence-corrected chi connectivity index (χ2v) is 5.58. The Balaban J connectivity index is 2.89. The molecule has 0 aliphatic heterocycles. The van der Waals surface area contributed by atoms with Crippen LogP contribution in [0, 0.1) is 11.8 Å². The Morgan fingerprint density at radius 3 is 2.89 bits per heavy atom. The molecule has 0 bridgehead atoms. The Hall–Kier alpha value is -1.46. The second-order valence-electron chi connectivity index (χ2n) is 3.81. The van der Waals surface area contributed by atoms with Crippen molar-refractivity contribution in [1.82, 2.24) is 9.71 Å². The van der Waals surface area contributed by atoms with E-state index in [4.69, 9.17) is 10.5 Å². The summed E-state index contributed by atoms with van der Waals surface area (Å²) in [5.74, 6) is 5.38. The summed E-state index contributed by atoms with van der Waals surface area (Å²) in [7, 11) is -2.09. The lowest BCUT2D eigenvalue weighted by Crippen LogP contribution is -2.31. The number of hydrogen-bond donors (Lipinski definition) is 2. The summed E-state index contributed by atoms with van der Waals surface area (Å²) in [6, 6.07) is 1.45. The van der Waals surface area contributed by atoms with Crippen molar-refractivity contribution >= 4 is 10.0 Å². The van der Waals surface area contributed by atoms with Crippen molar-refractivity contribution in [3.63, 3.8) is 0 Å². The van der Waals surface area contributed by atoms with E-state index in [1.807, 2.05) is 0 Å². The lowest BCUT2D eigenvalue weighted by molar-refractivity contribution is 0.122. The van der Waals surface area contributed by atoms with Gasteiger partial charge in [0.15, 0.2) is 0 Å². The number of sulfonamides is 1. The van der Waals surface area contributed by atoms with Crippen molar-refractivity contribution < 1.29 is 13.2 Å². The van der Waals surface area contributed by atoms with E-state index in [9.17, 15) is 8.42 Å². The first-order valence-corrected chi connectivity index (χ1v) is 7.14. The van der Waals surface area contributed by atoms with Crippen LogP contribution in [0.3, 0.4) is 0 Å². The van der Waals surface area contributed by atoms with E-state index >= 15 is 0 Å². The number of aromatic nitrogens is 1. The molecule has 1 unspecified atom stereocenters. The fourth-order valence-electron chi connectivity index (χ4n) is 1.18. The van der Waals surface area contributed by atoms with Gasteiger partial charge in [-0.05, 0) is 13.0 Å². The Bertz CT molecular complexity index is 575. The first-order chi connectivity index (χ1) is 8.99. The third kappa shape index (κ3) is 4.96. The van der Waals surface area contributed by atoms with Crippen molar-refractivity contribution in [2.45, 2.75) is 17.9 Å². The van der Waals surface area contributed by atoms with E-state index in [1.54, 1.807) is 6.92 Å². The Morgan fingerprint density at radius 1 is 1.53 bits per heavy atom. The van der Waals surface area contributed by atoms with Gasteiger partial charge in [0.05, 0.1) is 12.6 Å². The van der Waals surface area contributed by atoms with E-state index in [0.29, 0.717) is 5.56 Å². The molecule has 0 fully saturated rings. The van der Waals surface area contributed by atoms with Crippen LogP contribution < -0.4 is 10.5 Å². The van der Waals surface area contributed by atoms with Crippen LogP contribution in [0.2, 0.25) is 0 Å². The fraction of sp³-hybridized carbons (Fsp3) is 0.417. The van der Waals surface area contributed by atoms with Crippen LogP contribution in [0.4, 0.5) is 0 Å². The van der Waals surface area contributed by atoms with Crippen molar-refractivity contribution in [2.75, 3.05) is 20.2 Å². The third-order valence-electron chi connectivity index (χ3n) is 2.32. The predicted octanol–water partition coefficient (Wildman–Crippen LogP) is -0.295. The average Bonchev–Trinajstić information content (AvgIpc) is 2.43. The molecule has 1 aromatic heterocycles. The molecular weight excluding hydrogens is 266 g/mol. The summed E-state index contributed by atoms with van der Waals surface area (Å²) in [6.07, 6.45) is 2.55. The molecule has 0 saturated carbocycles. The Morgan fingerprint density at radius 2 is 2.26 bits per heavy atom. The molecule has 104 valence electrons. The zero-order valence-electron chi connectivity index (χ0n) is 10.9. The van der Waals surface area contributed by atoms with E-state index in [2.05, 4.69) is 21.5 Å². The molecule has 1 heterocycles. The van der Waals surface area contributed by atoms with Crippen LogP contribution in [0.5, 0.6) is 0 Å². The highest BCUT2D eigenvalue weighted by molar-refractivity contribution is 7.89. The molecule has 0 saturated heterocycles. The molecular formula is C12H17N3O3S. The van der Waals surface area contributed by atoms with Gasteiger partial charge in [0, 0.05) is 31.6 Å². The monoisotopic (exact) mass is 283 g/mol. The number of nitrogens with one attached hydrogen (secondary N) is 1. The SMILES string of the molecule is COC(C)CNS(=O)(=O)c1cncc(C#CCN)c1. The molecule has 6 nitrogen and oxygen atoms in total. The fourth-order valence-corrected chi connectivity index (χ4v) is 2.28. The van der Waals surface area contributed by atoms with Gasteiger partial charge in [-0.25, -0.2) is 13.1 Å². The van der Waals surface area contributed by atoms with Gasteiger partial charge in [0.2, 0.25) is 10.0 Å².